The van der Waals surface area contributed by atoms with Gasteiger partial charge in [0.15, 0.2) is 0 Å². The van der Waals surface area contributed by atoms with Gasteiger partial charge in [-0.05, 0) is 38.5 Å². The second-order valence-electron chi connectivity index (χ2n) is 5.07. The summed E-state index contributed by atoms with van der Waals surface area (Å²) in [4.78, 5) is 0.261. The summed E-state index contributed by atoms with van der Waals surface area (Å²) in [5.74, 6) is 0.642. The predicted molar refractivity (Wildman–Crippen MR) is 84.8 cm³/mol. The summed E-state index contributed by atoms with van der Waals surface area (Å²) >= 11 is 0. The monoisotopic (exact) mass is 314 g/mol. The highest BCUT2D eigenvalue weighted by Gasteiger charge is 2.25. The maximum absolute atomic E-state index is 12.6. The zero-order valence-electron chi connectivity index (χ0n) is 13.3. The lowest BCUT2D eigenvalue weighted by Gasteiger charge is -2.24. The summed E-state index contributed by atoms with van der Waals surface area (Å²) in [6.45, 7) is 6.60. The minimum atomic E-state index is -3.50. The van der Waals surface area contributed by atoms with Crippen molar-refractivity contribution >= 4 is 10.0 Å². The Balaban J connectivity index is 3.14. The molecule has 21 heavy (non-hydrogen) atoms. The number of hydrogen-bond acceptors (Lipinski definition) is 4. The first-order valence-electron chi connectivity index (χ1n) is 7.32. The number of nitrogens with two attached hydrogens (primary N) is 1. The number of nitrogens with zero attached hydrogens (tertiary/aromatic N) is 1. The van der Waals surface area contributed by atoms with Crippen molar-refractivity contribution in [1.82, 2.24) is 4.31 Å². The first kappa shape index (κ1) is 17.9. The topological polar surface area (TPSA) is 72.6 Å². The Morgan fingerprint density at radius 2 is 2.00 bits per heavy atom. The van der Waals surface area contributed by atoms with E-state index in [1.54, 1.807) is 25.2 Å². The fourth-order valence-electron chi connectivity index (χ4n) is 2.17. The van der Waals surface area contributed by atoms with Crippen LogP contribution in [0.4, 0.5) is 0 Å². The van der Waals surface area contributed by atoms with E-state index >= 15 is 0 Å². The average Bonchev–Trinajstić information content (AvgIpc) is 2.47. The largest absolute Gasteiger partial charge is 0.494 e. The van der Waals surface area contributed by atoms with Crippen molar-refractivity contribution in [3.8, 4) is 5.75 Å². The molecule has 0 bridgehead atoms. The summed E-state index contributed by atoms with van der Waals surface area (Å²) in [5, 5.41) is 0. The Labute approximate surface area is 128 Å². The van der Waals surface area contributed by atoms with Crippen molar-refractivity contribution < 1.29 is 13.2 Å². The molecule has 1 aromatic carbocycles. The van der Waals surface area contributed by atoms with Crippen molar-refractivity contribution in [1.29, 1.82) is 0 Å². The van der Waals surface area contributed by atoms with Crippen LogP contribution in [0.1, 0.15) is 39.2 Å². The Morgan fingerprint density at radius 1 is 1.33 bits per heavy atom. The maximum atomic E-state index is 12.6. The van der Waals surface area contributed by atoms with Crippen LogP contribution in [0.25, 0.3) is 0 Å². The van der Waals surface area contributed by atoms with E-state index in [4.69, 9.17) is 10.5 Å². The maximum Gasteiger partial charge on any atom is 0.243 e. The smallest absolute Gasteiger partial charge is 0.243 e. The molecule has 0 saturated carbocycles. The Kier molecular flexibility index (Phi) is 6.64. The second-order valence-corrected chi connectivity index (χ2v) is 7.06. The average molecular weight is 314 g/mol. The van der Waals surface area contributed by atoms with Crippen LogP contribution in [0.5, 0.6) is 5.75 Å². The predicted octanol–water partition coefficient (Wildman–Crippen LogP) is 2.35. The van der Waals surface area contributed by atoms with Gasteiger partial charge in [0.2, 0.25) is 10.0 Å². The van der Waals surface area contributed by atoms with E-state index in [1.807, 2.05) is 20.8 Å². The summed E-state index contributed by atoms with van der Waals surface area (Å²) in [6.07, 6.45) is 1.77. The van der Waals surface area contributed by atoms with Gasteiger partial charge in [-0.25, -0.2) is 8.42 Å². The number of sulfonamides is 1. The fourth-order valence-corrected chi connectivity index (χ4v) is 3.62. The van der Waals surface area contributed by atoms with Gasteiger partial charge in [0.25, 0.3) is 0 Å². The molecule has 0 aromatic heterocycles. The fraction of sp³-hybridized carbons (Fsp3) is 0.600. The Hall–Kier alpha value is -1.11. The summed E-state index contributed by atoms with van der Waals surface area (Å²) in [7, 11) is -1.88. The minimum Gasteiger partial charge on any atom is -0.494 e. The molecule has 0 aliphatic carbocycles. The molecule has 1 atom stereocenters. The van der Waals surface area contributed by atoms with E-state index in [-0.39, 0.29) is 17.5 Å². The van der Waals surface area contributed by atoms with Crippen molar-refractivity contribution in [2.75, 3.05) is 13.7 Å². The van der Waals surface area contributed by atoms with E-state index < -0.39 is 10.0 Å². The second kappa shape index (κ2) is 7.77. The third-order valence-electron chi connectivity index (χ3n) is 3.56. The molecule has 0 fully saturated rings. The molecule has 6 heteroatoms. The highest BCUT2D eigenvalue weighted by Crippen LogP contribution is 2.25. The number of hydrogen-bond donors (Lipinski definition) is 1. The lowest BCUT2D eigenvalue weighted by atomic mass is 10.2. The summed E-state index contributed by atoms with van der Waals surface area (Å²) in [6, 6.07) is 4.83. The SMILES string of the molecule is CCCC(C)N(C)S(=O)(=O)c1ccc(OCC)c(CN)c1. The van der Waals surface area contributed by atoms with Crippen LogP contribution in [0.2, 0.25) is 0 Å². The molecule has 0 radical (unpaired) electrons. The zero-order valence-corrected chi connectivity index (χ0v) is 14.1. The lowest BCUT2D eigenvalue weighted by molar-refractivity contribution is 0.336. The Morgan fingerprint density at radius 3 is 2.52 bits per heavy atom. The van der Waals surface area contributed by atoms with Crippen LogP contribution in [0.15, 0.2) is 23.1 Å². The Bertz CT molecular complexity index is 558. The first-order chi connectivity index (χ1) is 9.88. The van der Waals surface area contributed by atoms with Crippen LogP contribution < -0.4 is 10.5 Å². The van der Waals surface area contributed by atoms with Gasteiger partial charge >= 0.3 is 0 Å². The third-order valence-corrected chi connectivity index (χ3v) is 5.52. The molecule has 1 unspecified atom stereocenters. The lowest BCUT2D eigenvalue weighted by Crippen LogP contribution is -2.35. The molecule has 1 aromatic rings. The summed E-state index contributed by atoms with van der Waals surface area (Å²) < 4.78 is 32.1. The third kappa shape index (κ3) is 4.18. The molecular weight excluding hydrogens is 288 g/mol. The molecule has 5 nitrogen and oxygen atoms in total. The number of rotatable bonds is 8. The van der Waals surface area contributed by atoms with Crippen molar-refractivity contribution in [2.45, 2.75) is 51.1 Å². The van der Waals surface area contributed by atoms with Crippen molar-refractivity contribution in [3.63, 3.8) is 0 Å². The van der Waals surface area contributed by atoms with Gasteiger partial charge in [-0.1, -0.05) is 13.3 Å². The van der Waals surface area contributed by atoms with E-state index in [1.165, 1.54) is 4.31 Å². The van der Waals surface area contributed by atoms with E-state index in [9.17, 15) is 8.42 Å². The molecule has 0 amide bonds. The normalized spacial score (nSPS) is 13.4. The quantitative estimate of drug-likeness (QED) is 0.799. The van der Waals surface area contributed by atoms with E-state index in [0.29, 0.717) is 17.9 Å². The van der Waals surface area contributed by atoms with Gasteiger partial charge in [-0.3, -0.25) is 0 Å². The molecule has 0 spiro atoms. The van der Waals surface area contributed by atoms with Crippen LogP contribution >= 0.6 is 0 Å². The van der Waals surface area contributed by atoms with Gasteiger partial charge < -0.3 is 10.5 Å². The standard InChI is InChI=1S/C15H26N2O3S/c1-5-7-12(3)17(4)21(18,19)14-8-9-15(20-6-2)13(10-14)11-16/h8-10,12H,5-7,11,16H2,1-4H3. The highest BCUT2D eigenvalue weighted by molar-refractivity contribution is 7.89. The highest BCUT2D eigenvalue weighted by atomic mass is 32.2. The van der Waals surface area contributed by atoms with Gasteiger partial charge in [-0.15, -0.1) is 0 Å². The van der Waals surface area contributed by atoms with Crippen LogP contribution in [0, 0.1) is 0 Å². The van der Waals surface area contributed by atoms with Gasteiger partial charge in [0, 0.05) is 25.2 Å². The molecule has 0 aliphatic heterocycles. The molecule has 2 N–H and O–H groups in total. The van der Waals surface area contributed by atoms with Gasteiger partial charge in [-0.2, -0.15) is 4.31 Å². The molecule has 1 rings (SSSR count). The van der Waals surface area contributed by atoms with Crippen LogP contribution in [-0.4, -0.2) is 32.4 Å². The van der Waals surface area contributed by atoms with Gasteiger partial charge in [0.1, 0.15) is 5.75 Å². The summed E-state index contributed by atoms with van der Waals surface area (Å²) in [5.41, 5.74) is 6.39. The van der Waals surface area contributed by atoms with Crippen molar-refractivity contribution in [2.24, 2.45) is 5.73 Å². The molecular formula is C15H26N2O3S. The molecule has 120 valence electrons. The molecule has 0 heterocycles. The van der Waals surface area contributed by atoms with E-state index in [0.717, 1.165) is 12.8 Å². The van der Waals surface area contributed by atoms with Crippen LogP contribution in [-0.2, 0) is 16.6 Å². The zero-order chi connectivity index (χ0) is 16.0. The number of ether oxygens (including phenoxy) is 1. The molecule has 0 aliphatic rings. The van der Waals surface area contributed by atoms with E-state index in [2.05, 4.69) is 0 Å². The van der Waals surface area contributed by atoms with Crippen LogP contribution in [0.3, 0.4) is 0 Å². The minimum absolute atomic E-state index is 0.0344. The number of benzene rings is 1. The van der Waals surface area contributed by atoms with Gasteiger partial charge in [0.05, 0.1) is 11.5 Å². The first-order valence-corrected chi connectivity index (χ1v) is 8.76. The van der Waals surface area contributed by atoms with Crippen molar-refractivity contribution in [3.05, 3.63) is 23.8 Å². The molecule has 0 saturated heterocycles.